The van der Waals surface area contributed by atoms with E-state index in [1.807, 2.05) is 6.07 Å². The number of aliphatic hydroxyl groups is 1. The molecule has 2 N–H and O–H groups in total. The van der Waals surface area contributed by atoms with Crippen LogP contribution in [0.4, 0.5) is 11.4 Å². The van der Waals surface area contributed by atoms with E-state index in [1.54, 1.807) is 24.5 Å². The normalized spacial score (nSPS) is 21.3. The van der Waals surface area contributed by atoms with Crippen molar-refractivity contribution in [2.24, 2.45) is 0 Å². The summed E-state index contributed by atoms with van der Waals surface area (Å²) in [4.78, 5) is 15.6. The van der Waals surface area contributed by atoms with Crippen LogP contribution in [-0.4, -0.2) is 40.0 Å². The molecule has 0 amide bonds. The van der Waals surface area contributed by atoms with Gasteiger partial charge in [0.1, 0.15) is 0 Å². The summed E-state index contributed by atoms with van der Waals surface area (Å²) in [6, 6.07) is 12.8. The Morgan fingerprint density at radius 3 is 2.53 bits per heavy atom. The summed E-state index contributed by atoms with van der Waals surface area (Å²) in [6.07, 6.45) is 5.96. The van der Waals surface area contributed by atoms with Crippen LogP contribution >= 0.6 is 11.6 Å². The van der Waals surface area contributed by atoms with Crippen LogP contribution in [0.5, 0.6) is 0 Å². The zero-order valence-corrected chi connectivity index (χ0v) is 17.2. The minimum atomic E-state index is -1.07. The number of halogens is 1. The highest BCUT2D eigenvalue weighted by Gasteiger charge is 2.36. The first-order valence-corrected chi connectivity index (χ1v) is 10.7. The molecule has 1 saturated heterocycles. The molecule has 2 unspecified atom stereocenters. The highest BCUT2D eigenvalue weighted by Crippen LogP contribution is 2.38. The second kappa shape index (κ2) is 7.78. The van der Waals surface area contributed by atoms with Crippen LogP contribution in [0.3, 0.4) is 0 Å². The van der Waals surface area contributed by atoms with E-state index in [1.165, 1.54) is 29.6 Å². The number of carbonyl (C=O) groups excluding carboxylic acids is 1. The van der Waals surface area contributed by atoms with Crippen molar-refractivity contribution in [2.75, 3.05) is 23.3 Å². The van der Waals surface area contributed by atoms with Gasteiger partial charge in [0.05, 0.1) is 5.02 Å². The first-order valence-electron chi connectivity index (χ1n) is 10.3. The summed E-state index contributed by atoms with van der Waals surface area (Å²) in [5, 5.41) is 18.1. The summed E-state index contributed by atoms with van der Waals surface area (Å²) in [7, 11) is 0. The minimum absolute atomic E-state index is 0.192. The van der Waals surface area contributed by atoms with Gasteiger partial charge in [-0.15, -0.1) is 0 Å². The Bertz CT molecular complexity index is 1060. The van der Waals surface area contributed by atoms with Gasteiger partial charge in [0.2, 0.25) is 0 Å². The summed E-state index contributed by atoms with van der Waals surface area (Å²) in [6.45, 7) is 2.19. The zero-order valence-electron chi connectivity index (χ0n) is 16.5. The third-order valence-corrected chi connectivity index (χ3v) is 6.27. The molecule has 5 rings (SSSR count). The molecule has 0 aliphatic carbocycles. The molecule has 30 heavy (non-hydrogen) atoms. The lowest BCUT2D eigenvalue weighted by Crippen LogP contribution is -2.41. The van der Waals surface area contributed by atoms with Gasteiger partial charge in [0.25, 0.3) is 0 Å². The van der Waals surface area contributed by atoms with Crippen LogP contribution < -0.4 is 10.2 Å². The van der Waals surface area contributed by atoms with Crippen molar-refractivity contribution in [3.63, 3.8) is 0 Å². The number of aromatic nitrogens is 2. The fourth-order valence-corrected chi connectivity index (χ4v) is 4.65. The van der Waals surface area contributed by atoms with Gasteiger partial charge in [0.15, 0.2) is 18.1 Å². The van der Waals surface area contributed by atoms with E-state index in [0.717, 1.165) is 24.2 Å². The Morgan fingerprint density at radius 2 is 1.83 bits per heavy atom. The fraction of sp³-hybridized carbons (Fsp3) is 0.304. The van der Waals surface area contributed by atoms with Crippen LogP contribution in [0.2, 0.25) is 5.02 Å². The maximum atomic E-state index is 13.2. The smallest absolute Gasteiger partial charge is 0.194 e. The minimum Gasteiger partial charge on any atom is -0.372 e. The summed E-state index contributed by atoms with van der Waals surface area (Å²) >= 11 is 6.55. The Balaban J connectivity index is 1.48. The molecule has 0 spiro atoms. The lowest BCUT2D eigenvalue weighted by molar-refractivity contribution is 0.0721. The highest BCUT2D eigenvalue weighted by molar-refractivity contribution is 6.34. The second-order valence-electron chi connectivity index (χ2n) is 7.86. The number of hydrogen-bond acceptors (Lipinski definition) is 5. The number of fused-ring (bicyclic) bond motifs is 1. The van der Waals surface area contributed by atoms with E-state index in [2.05, 4.69) is 39.6 Å². The molecule has 0 radical (unpaired) electrons. The van der Waals surface area contributed by atoms with Crippen LogP contribution in [0.1, 0.15) is 35.7 Å². The molecular formula is C23H23ClN4O2. The first kappa shape index (κ1) is 19.2. The Kier molecular flexibility index (Phi) is 4.97. The number of anilines is 2. The van der Waals surface area contributed by atoms with E-state index in [0.29, 0.717) is 16.3 Å². The number of nitrogens with one attached hydrogen (secondary N) is 1. The number of carbonyl (C=O) groups is 1. The van der Waals surface area contributed by atoms with Crippen LogP contribution in [-0.2, 0) is 0 Å². The molecule has 3 heterocycles. The number of ketones is 1. The third-order valence-electron chi connectivity index (χ3n) is 5.95. The topological polar surface area (TPSA) is 70.4 Å². The monoisotopic (exact) mass is 422 g/mol. The Morgan fingerprint density at radius 1 is 1.07 bits per heavy atom. The van der Waals surface area contributed by atoms with E-state index in [-0.39, 0.29) is 5.78 Å². The average Bonchev–Trinajstić information content (AvgIpc) is 3.28. The van der Waals surface area contributed by atoms with Crippen LogP contribution in [0, 0.1) is 0 Å². The third kappa shape index (κ3) is 3.36. The number of rotatable bonds is 3. The maximum Gasteiger partial charge on any atom is 0.194 e. The molecule has 154 valence electrons. The lowest BCUT2D eigenvalue weighted by Gasteiger charge is -2.31. The standard InChI is InChI=1S/C23H23ClN4O2/c24-19-14-20-18(22(29)21(23(30)26-20)28-12-4-9-25-28)13-17(19)15-5-7-16(8-6-15)27-10-2-1-3-11-27/h4-9,12-14,21,23,26,30H,1-3,10-11H2. The number of benzene rings is 2. The molecule has 3 aromatic rings. The summed E-state index contributed by atoms with van der Waals surface area (Å²) in [5.41, 5.74) is 4.01. The van der Waals surface area contributed by atoms with Crippen molar-refractivity contribution in [3.05, 3.63) is 65.4 Å². The predicted molar refractivity (Wildman–Crippen MR) is 118 cm³/mol. The van der Waals surface area contributed by atoms with E-state index in [9.17, 15) is 9.90 Å². The fourth-order valence-electron chi connectivity index (χ4n) is 4.37. The van der Waals surface area contributed by atoms with Crippen molar-refractivity contribution in [2.45, 2.75) is 31.5 Å². The van der Waals surface area contributed by atoms with Crippen LogP contribution in [0.25, 0.3) is 11.1 Å². The number of nitrogens with zero attached hydrogens (tertiary/aromatic N) is 3. The largest absolute Gasteiger partial charge is 0.372 e. The van der Waals surface area contributed by atoms with Gasteiger partial charge >= 0.3 is 0 Å². The number of piperidine rings is 1. The summed E-state index contributed by atoms with van der Waals surface area (Å²) < 4.78 is 1.48. The van der Waals surface area contributed by atoms with Crippen molar-refractivity contribution in [1.82, 2.24) is 9.78 Å². The molecule has 2 aliphatic rings. The molecule has 6 nitrogen and oxygen atoms in total. The maximum absolute atomic E-state index is 13.2. The number of Topliss-reactive ketones (excluding diaryl/α,β-unsaturated/α-hetero) is 1. The molecule has 1 fully saturated rings. The predicted octanol–water partition coefficient (Wildman–Crippen LogP) is 4.36. The van der Waals surface area contributed by atoms with Gasteiger partial charge in [0, 0.05) is 48.0 Å². The molecule has 1 aromatic heterocycles. The molecular weight excluding hydrogens is 400 g/mol. The Labute approximate surface area is 180 Å². The summed E-state index contributed by atoms with van der Waals surface area (Å²) in [5.74, 6) is -0.192. The molecule has 0 saturated carbocycles. The van der Waals surface area contributed by atoms with Crippen LogP contribution in [0.15, 0.2) is 54.9 Å². The molecule has 2 atom stereocenters. The van der Waals surface area contributed by atoms with Gasteiger partial charge < -0.3 is 15.3 Å². The van der Waals surface area contributed by atoms with Crippen molar-refractivity contribution < 1.29 is 9.90 Å². The van der Waals surface area contributed by atoms with E-state index < -0.39 is 12.3 Å². The molecule has 2 aliphatic heterocycles. The SMILES string of the molecule is O=C1c2cc(-c3ccc(N4CCCCC4)cc3)c(Cl)cc2NC(O)C1n1cccn1. The van der Waals surface area contributed by atoms with Gasteiger partial charge in [-0.25, -0.2) is 0 Å². The van der Waals surface area contributed by atoms with Gasteiger partial charge in [-0.05, 0) is 55.2 Å². The van der Waals surface area contributed by atoms with Crippen molar-refractivity contribution in [3.8, 4) is 11.1 Å². The Hall–Kier alpha value is -2.83. The average molecular weight is 423 g/mol. The van der Waals surface area contributed by atoms with Gasteiger partial charge in [-0.1, -0.05) is 23.7 Å². The second-order valence-corrected chi connectivity index (χ2v) is 8.26. The number of aliphatic hydroxyl groups excluding tert-OH is 1. The first-order chi connectivity index (χ1) is 14.6. The quantitative estimate of drug-likeness (QED) is 0.656. The van der Waals surface area contributed by atoms with Gasteiger partial charge in [-0.2, -0.15) is 5.10 Å². The van der Waals surface area contributed by atoms with Crippen molar-refractivity contribution in [1.29, 1.82) is 0 Å². The lowest BCUT2D eigenvalue weighted by atomic mass is 9.93. The van der Waals surface area contributed by atoms with Gasteiger partial charge in [-0.3, -0.25) is 9.48 Å². The molecule has 2 aromatic carbocycles. The van der Waals surface area contributed by atoms with E-state index >= 15 is 0 Å². The highest BCUT2D eigenvalue weighted by atomic mass is 35.5. The number of hydrogen-bond donors (Lipinski definition) is 2. The molecule has 0 bridgehead atoms. The van der Waals surface area contributed by atoms with E-state index in [4.69, 9.17) is 11.6 Å². The van der Waals surface area contributed by atoms with Crippen molar-refractivity contribution >= 4 is 28.8 Å². The molecule has 7 heteroatoms. The zero-order chi connectivity index (χ0) is 20.7.